The van der Waals surface area contributed by atoms with Crippen LogP contribution in [0.15, 0.2) is 59.7 Å². The summed E-state index contributed by atoms with van der Waals surface area (Å²) in [5, 5.41) is 10.6. The Kier molecular flexibility index (Phi) is 5.76. The minimum absolute atomic E-state index is 0.00686. The van der Waals surface area contributed by atoms with Crippen molar-refractivity contribution >= 4 is 28.5 Å². The zero-order chi connectivity index (χ0) is 21.1. The molecule has 1 aromatic carbocycles. The standard InChI is InChI=1S/C21H18ClN3O4/c1-4-7-28-21(26)17-11(2)29-20(24)15(10-23)18(17)14-8-12-5-6-13(27-3)9-16(12)25-19(14)22/h4-6,8-9,18H,1,7,24H2,2-3H3/t18-/m1/s1. The second-order valence-corrected chi connectivity index (χ2v) is 6.57. The number of nitrogens with two attached hydrogens (primary N) is 1. The van der Waals surface area contributed by atoms with E-state index in [1.54, 1.807) is 32.2 Å². The Morgan fingerprint density at radius 2 is 2.24 bits per heavy atom. The number of pyridine rings is 1. The summed E-state index contributed by atoms with van der Waals surface area (Å²) in [7, 11) is 1.56. The van der Waals surface area contributed by atoms with Crippen molar-refractivity contribution in [2.45, 2.75) is 12.8 Å². The molecule has 3 rings (SSSR count). The molecule has 29 heavy (non-hydrogen) atoms. The van der Waals surface area contributed by atoms with Crippen molar-refractivity contribution in [3.63, 3.8) is 0 Å². The fourth-order valence-electron chi connectivity index (χ4n) is 3.14. The number of carbonyl (C=O) groups excluding carboxylic acids is 1. The molecule has 0 fully saturated rings. The van der Waals surface area contributed by atoms with Crippen molar-refractivity contribution in [3.05, 3.63) is 70.4 Å². The van der Waals surface area contributed by atoms with E-state index in [0.29, 0.717) is 16.8 Å². The van der Waals surface area contributed by atoms with Gasteiger partial charge in [-0.25, -0.2) is 9.78 Å². The molecule has 0 saturated heterocycles. The molecule has 0 saturated carbocycles. The zero-order valence-electron chi connectivity index (χ0n) is 15.9. The molecule has 0 amide bonds. The minimum atomic E-state index is -0.877. The van der Waals surface area contributed by atoms with Gasteiger partial charge in [-0.15, -0.1) is 0 Å². The Morgan fingerprint density at radius 3 is 2.90 bits per heavy atom. The predicted octanol–water partition coefficient (Wildman–Crippen LogP) is 3.71. The van der Waals surface area contributed by atoms with Crippen molar-refractivity contribution in [3.8, 4) is 11.8 Å². The van der Waals surface area contributed by atoms with Gasteiger partial charge in [0.05, 0.1) is 24.1 Å². The number of esters is 1. The molecular formula is C21H18ClN3O4. The van der Waals surface area contributed by atoms with Crippen LogP contribution in [-0.4, -0.2) is 24.7 Å². The van der Waals surface area contributed by atoms with Gasteiger partial charge >= 0.3 is 5.97 Å². The zero-order valence-corrected chi connectivity index (χ0v) is 16.6. The summed E-state index contributed by atoms with van der Waals surface area (Å²) in [6.45, 7) is 5.11. The molecule has 0 spiro atoms. The normalized spacial score (nSPS) is 16.3. The number of benzene rings is 1. The average Bonchev–Trinajstić information content (AvgIpc) is 2.70. The quantitative estimate of drug-likeness (QED) is 0.454. The topological polar surface area (TPSA) is 107 Å². The van der Waals surface area contributed by atoms with Crippen molar-refractivity contribution in [1.29, 1.82) is 5.26 Å². The van der Waals surface area contributed by atoms with Crippen molar-refractivity contribution < 1.29 is 19.0 Å². The first kappa shape index (κ1) is 20.2. The lowest BCUT2D eigenvalue weighted by Crippen LogP contribution is -2.26. The Hall–Kier alpha value is -3.50. The van der Waals surface area contributed by atoms with Gasteiger partial charge in [-0.2, -0.15) is 5.26 Å². The van der Waals surface area contributed by atoms with Gasteiger partial charge in [0.2, 0.25) is 5.88 Å². The van der Waals surface area contributed by atoms with Crippen LogP contribution in [0, 0.1) is 11.3 Å². The Morgan fingerprint density at radius 1 is 1.48 bits per heavy atom. The molecule has 2 heterocycles. The molecule has 1 aliphatic heterocycles. The number of rotatable bonds is 5. The van der Waals surface area contributed by atoms with Crippen LogP contribution in [0.5, 0.6) is 5.75 Å². The van der Waals surface area contributed by atoms with Gasteiger partial charge in [-0.1, -0.05) is 24.3 Å². The van der Waals surface area contributed by atoms with E-state index < -0.39 is 11.9 Å². The summed E-state index contributed by atoms with van der Waals surface area (Å²) in [5.74, 6) is -0.769. The first-order valence-electron chi connectivity index (χ1n) is 8.61. The fraction of sp³-hybridized carbons (Fsp3) is 0.190. The second kappa shape index (κ2) is 8.25. The number of carbonyl (C=O) groups is 1. The highest BCUT2D eigenvalue weighted by Crippen LogP contribution is 2.42. The third-order valence-corrected chi connectivity index (χ3v) is 4.78. The summed E-state index contributed by atoms with van der Waals surface area (Å²) in [6, 6.07) is 9.11. The largest absolute Gasteiger partial charge is 0.497 e. The number of methoxy groups -OCH3 is 1. The smallest absolute Gasteiger partial charge is 0.338 e. The van der Waals surface area contributed by atoms with E-state index in [2.05, 4.69) is 11.6 Å². The van der Waals surface area contributed by atoms with Crippen LogP contribution in [0.3, 0.4) is 0 Å². The van der Waals surface area contributed by atoms with E-state index in [1.807, 2.05) is 12.1 Å². The van der Waals surface area contributed by atoms with Crippen molar-refractivity contribution in [2.24, 2.45) is 5.73 Å². The maximum Gasteiger partial charge on any atom is 0.338 e. The van der Waals surface area contributed by atoms with E-state index in [-0.39, 0.29) is 34.5 Å². The monoisotopic (exact) mass is 411 g/mol. The van der Waals surface area contributed by atoms with E-state index in [9.17, 15) is 10.1 Å². The Balaban J connectivity index is 2.21. The number of halogens is 1. The van der Waals surface area contributed by atoms with Crippen molar-refractivity contribution in [2.75, 3.05) is 13.7 Å². The molecular weight excluding hydrogens is 394 g/mol. The maximum absolute atomic E-state index is 12.7. The SMILES string of the molecule is C=CCOC(=O)C1=C(C)OC(N)=C(C#N)[C@H]1c1cc2ccc(OC)cc2nc1Cl. The van der Waals surface area contributed by atoms with Crippen LogP contribution >= 0.6 is 11.6 Å². The lowest BCUT2D eigenvalue weighted by Gasteiger charge is -2.27. The van der Waals surface area contributed by atoms with Gasteiger partial charge in [-0.05, 0) is 25.1 Å². The van der Waals surface area contributed by atoms with Crippen LogP contribution in [0.1, 0.15) is 18.4 Å². The number of hydrogen-bond donors (Lipinski definition) is 1. The highest BCUT2D eigenvalue weighted by Gasteiger charge is 2.37. The maximum atomic E-state index is 12.7. The van der Waals surface area contributed by atoms with Crippen LogP contribution < -0.4 is 10.5 Å². The Bertz CT molecular complexity index is 1110. The van der Waals surface area contributed by atoms with Crippen LogP contribution in [0.4, 0.5) is 0 Å². The second-order valence-electron chi connectivity index (χ2n) is 6.21. The number of fused-ring (bicyclic) bond motifs is 1. The van der Waals surface area contributed by atoms with Crippen LogP contribution in [0.25, 0.3) is 10.9 Å². The number of nitriles is 1. The third kappa shape index (κ3) is 3.75. The third-order valence-electron chi connectivity index (χ3n) is 4.47. The Labute approximate surface area is 172 Å². The molecule has 148 valence electrons. The number of hydrogen-bond acceptors (Lipinski definition) is 7. The van der Waals surface area contributed by atoms with Crippen molar-refractivity contribution in [1.82, 2.24) is 4.98 Å². The molecule has 1 aliphatic rings. The lowest BCUT2D eigenvalue weighted by molar-refractivity contribution is -0.138. The molecule has 0 unspecified atom stereocenters. The number of nitrogens with zero attached hydrogens (tertiary/aromatic N) is 2. The highest BCUT2D eigenvalue weighted by atomic mass is 35.5. The molecule has 1 aromatic heterocycles. The molecule has 2 N–H and O–H groups in total. The van der Waals surface area contributed by atoms with Gasteiger partial charge in [-0.3, -0.25) is 0 Å². The summed E-state index contributed by atoms with van der Waals surface area (Å²) in [4.78, 5) is 17.1. The van der Waals surface area contributed by atoms with Gasteiger partial charge in [0.25, 0.3) is 0 Å². The van der Waals surface area contributed by atoms with E-state index in [1.165, 1.54) is 6.08 Å². The number of aromatic nitrogens is 1. The summed E-state index contributed by atoms with van der Waals surface area (Å²) < 4.78 is 15.8. The molecule has 8 heteroatoms. The van der Waals surface area contributed by atoms with Gasteiger partial charge in [0, 0.05) is 17.0 Å². The average molecular weight is 412 g/mol. The first-order valence-corrected chi connectivity index (χ1v) is 8.99. The fourth-order valence-corrected chi connectivity index (χ4v) is 3.39. The summed E-state index contributed by atoms with van der Waals surface area (Å²) >= 11 is 6.47. The molecule has 1 atom stereocenters. The van der Waals surface area contributed by atoms with Gasteiger partial charge < -0.3 is 19.9 Å². The van der Waals surface area contributed by atoms with Crippen LogP contribution in [-0.2, 0) is 14.3 Å². The predicted molar refractivity (Wildman–Crippen MR) is 108 cm³/mol. The lowest BCUT2D eigenvalue weighted by atomic mass is 9.83. The number of allylic oxidation sites excluding steroid dienone is 2. The van der Waals surface area contributed by atoms with E-state index >= 15 is 0 Å². The van der Waals surface area contributed by atoms with E-state index in [0.717, 1.165) is 5.39 Å². The molecule has 0 bridgehead atoms. The molecule has 0 radical (unpaired) electrons. The minimum Gasteiger partial charge on any atom is -0.497 e. The van der Waals surface area contributed by atoms with Gasteiger partial charge in [0.15, 0.2) is 0 Å². The molecule has 0 aliphatic carbocycles. The van der Waals surface area contributed by atoms with E-state index in [4.69, 9.17) is 31.5 Å². The summed E-state index contributed by atoms with van der Waals surface area (Å²) in [5.41, 5.74) is 7.16. The van der Waals surface area contributed by atoms with Gasteiger partial charge in [0.1, 0.15) is 34.9 Å². The molecule has 7 nitrogen and oxygen atoms in total. The van der Waals surface area contributed by atoms with Crippen LogP contribution in [0.2, 0.25) is 5.15 Å². The summed E-state index contributed by atoms with van der Waals surface area (Å²) in [6.07, 6.45) is 1.44. The number of ether oxygens (including phenoxy) is 3. The highest BCUT2D eigenvalue weighted by molar-refractivity contribution is 6.30. The first-order chi connectivity index (χ1) is 13.9. The molecule has 2 aromatic rings.